The number of amides is 2. The van der Waals surface area contributed by atoms with Crippen molar-refractivity contribution in [3.8, 4) is 11.5 Å². The van der Waals surface area contributed by atoms with Crippen molar-refractivity contribution in [1.29, 1.82) is 0 Å². The third-order valence-corrected chi connectivity index (χ3v) is 4.75. The van der Waals surface area contributed by atoms with Crippen molar-refractivity contribution < 1.29 is 13.6 Å². The molecule has 1 aliphatic carbocycles. The van der Waals surface area contributed by atoms with E-state index in [0.29, 0.717) is 18.9 Å². The van der Waals surface area contributed by atoms with E-state index in [1.165, 1.54) is 44.2 Å². The van der Waals surface area contributed by atoms with Crippen molar-refractivity contribution in [3.05, 3.63) is 42.0 Å². The van der Waals surface area contributed by atoms with Gasteiger partial charge in [0.1, 0.15) is 12.1 Å². The molecule has 1 aliphatic rings. The number of carbonyl (C=O) groups excluding carboxylic acids is 1. The van der Waals surface area contributed by atoms with Crippen LogP contribution in [0.4, 0.5) is 9.18 Å². The number of carbonyl (C=O) groups is 1. The highest BCUT2D eigenvalue weighted by Gasteiger charge is 2.14. The summed E-state index contributed by atoms with van der Waals surface area (Å²) < 4.78 is 18.4. The molecule has 0 bridgehead atoms. The summed E-state index contributed by atoms with van der Waals surface area (Å²) in [6.45, 7) is 0.494. The Labute approximate surface area is 153 Å². The lowest BCUT2D eigenvalue weighted by atomic mass is 9.97. The molecule has 2 amide bonds. The smallest absolute Gasteiger partial charge is 0.315 e. The summed E-state index contributed by atoms with van der Waals surface area (Å²) in [7, 11) is 0. The predicted molar refractivity (Wildman–Crippen MR) is 98.2 cm³/mol. The molecule has 1 saturated carbocycles. The second kappa shape index (κ2) is 9.36. The van der Waals surface area contributed by atoms with Crippen molar-refractivity contribution >= 4 is 6.03 Å². The lowest BCUT2D eigenvalue weighted by Crippen LogP contribution is -2.43. The summed E-state index contributed by atoms with van der Waals surface area (Å²) in [6, 6.07) is 6.18. The Bertz CT molecular complexity index is 691. The van der Waals surface area contributed by atoms with Gasteiger partial charge in [-0.2, -0.15) is 0 Å². The number of hydrogen-bond donors (Lipinski definition) is 2. The Kier molecular flexibility index (Phi) is 6.63. The molecule has 140 valence electrons. The zero-order valence-corrected chi connectivity index (χ0v) is 15.0. The van der Waals surface area contributed by atoms with Gasteiger partial charge in [0.2, 0.25) is 5.89 Å². The average molecular weight is 359 g/mol. The number of rotatable bonds is 5. The fraction of sp³-hybridized carbons (Fsp3) is 0.500. The van der Waals surface area contributed by atoms with Crippen LogP contribution < -0.4 is 10.6 Å². The molecule has 0 saturated heterocycles. The van der Waals surface area contributed by atoms with Crippen LogP contribution >= 0.6 is 0 Å². The van der Waals surface area contributed by atoms with Gasteiger partial charge in [-0.3, -0.25) is 0 Å². The van der Waals surface area contributed by atoms with E-state index >= 15 is 0 Å². The van der Waals surface area contributed by atoms with E-state index in [2.05, 4.69) is 15.6 Å². The molecule has 5 nitrogen and oxygen atoms in total. The summed E-state index contributed by atoms with van der Waals surface area (Å²) in [6.07, 6.45) is 10.5. The molecule has 6 heteroatoms. The number of benzene rings is 1. The summed E-state index contributed by atoms with van der Waals surface area (Å²) in [5.41, 5.74) is 1.49. The van der Waals surface area contributed by atoms with Crippen LogP contribution in [0, 0.1) is 5.82 Å². The van der Waals surface area contributed by atoms with Crippen LogP contribution in [-0.2, 0) is 6.42 Å². The van der Waals surface area contributed by atoms with Crippen LogP contribution in [0.5, 0.6) is 0 Å². The molecule has 2 N–H and O–H groups in total. The van der Waals surface area contributed by atoms with Gasteiger partial charge < -0.3 is 15.1 Å². The molecule has 0 spiro atoms. The van der Waals surface area contributed by atoms with Gasteiger partial charge in [-0.15, -0.1) is 0 Å². The molecular weight excluding hydrogens is 333 g/mol. The van der Waals surface area contributed by atoms with Gasteiger partial charge in [-0.25, -0.2) is 14.2 Å². The number of nitrogens with zero attached hydrogens (tertiary/aromatic N) is 1. The lowest BCUT2D eigenvalue weighted by molar-refractivity contribution is 0.234. The van der Waals surface area contributed by atoms with Gasteiger partial charge in [0, 0.05) is 24.6 Å². The largest absolute Gasteiger partial charge is 0.444 e. The third kappa shape index (κ3) is 5.58. The molecule has 0 atom stereocenters. The highest BCUT2D eigenvalue weighted by Crippen LogP contribution is 2.19. The van der Waals surface area contributed by atoms with Crippen LogP contribution in [0.15, 0.2) is 34.9 Å². The SMILES string of the molecule is O=C(NCCc1coc(-c2ccc(F)cc2)n1)NC1CCCCCCC1. The minimum Gasteiger partial charge on any atom is -0.444 e. The minimum absolute atomic E-state index is 0.113. The number of hydrogen-bond acceptors (Lipinski definition) is 3. The maximum atomic E-state index is 13.0. The van der Waals surface area contributed by atoms with Gasteiger partial charge in [0.15, 0.2) is 0 Å². The topological polar surface area (TPSA) is 67.2 Å². The highest BCUT2D eigenvalue weighted by atomic mass is 19.1. The Morgan fingerprint density at radius 1 is 1.12 bits per heavy atom. The predicted octanol–water partition coefficient (Wildman–Crippen LogP) is 4.44. The van der Waals surface area contributed by atoms with Crippen LogP contribution in [0.1, 0.15) is 50.6 Å². The van der Waals surface area contributed by atoms with E-state index in [9.17, 15) is 9.18 Å². The maximum absolute atomic E-state index is 13.0. The number of oxazole rings is 1. The highest BCUT2D eigenvalue weighted by molar-refractivity contribution is 5.74. The number of aromatic nitrogens is 1. The van der Waals surface area contributed by atoms with Crippen LogP contribution in [0.25, 0.3) is 11.5 Å². The van der Waals surface area contributed by atoms with E-state index in [1.807, 2.05) is 0 Å². The quantitative estimate of drug-likeness (QED) is 0.829. The first-order chi connectivity index (χ1) is 12.7. The number of nitrogens with one attached hydrogen (secondary N) is 2. The first kappa shape index (κ1) is 18.4. The Hall–Kier alpha value is -2.37. The molecule has 2 aromatic rings. The van der Waals surface area contributed by atoms with E-state index < -0.39 is 0 Å². The molecule has 1 fully saturated rings. The number of urea groups is 1. The molecule has 0 aliphatic heterocycles. The van der Waals surface area contributed by atoms with Gasteiger partial charge in [0.05, 0.1) is 5.69 Å². The van der Waals surface area contributed by atoms with Gasteiger partial charge >= 0.3 is 6.03 Å². The summed E-state index contributed by atoms with van der Waals surface area (Å²) in [4.78, 5) is 16.4. The summed E-state index contributed by atoms with van der Waals surface area (Å²) >= 11 is 0. The maximum Gasteiger partial charge on any atom is 0.315 e. The standard InChI is InChI=1S/C20H26FN3O2/c21-16-10-8-15(9-11-16)19-23-18(14-26-19)12-13-22-20(25)24-17-6-4-2-1-3-5-7-17/h8-11,14,17H,1-7,12-13H2,(H2,22,24,25). The van der Waals surface area contributed by atoms with E-state index in [4.69, 9.17) is 4.42 Å². The zero-order chi connectivity index (χ0) is 18.2. The van der Waals surface area contributed by atoms with Crippen molar-refractivity contribution in [2.75, 3.05) is 6.54 Å². The fourth-order valence-electron chi connectivity index (χ4n) is 3.29. The van der Waals surface area contributed by atoms with Crippen LogP contribution in [-0.4, -0.2) is 23.6 Å². The Morgan fingerprint density at radius 2 is 1.81 bits per heavy atom. The molecule has 1 aromatic heterocycles. The molecule has 3 rings (SSSR count). The van der Waals surface area contributed by atoms with Crippen LogP contribution in [0.2, 0.25) is 0 Å². The van der Waals surface area contributed by atoms with Gasteiger partial charge in [-0.1, -0.05) is 32.1 Å². The van der Waals surface area contributed by atoms with E-state index in [-0.39, 0.29) is 17.9 Å². The molecule has 26 heavy (non-hydrogen) atoms. The first-order valence-corrected chi connectivity index (χ1v) is 9.45. The monoisotopic (exact) mass is 359 g/mol. The Balaban J connectivity index is 1.41. The van der Waals surface area contributed by atoms with Gasteiger partial charge in [0.25, 0.3) is 0 Å². The average Bonchev–Trinajstić information content (AvgIpc) is 3.07. The molecule has 0 radical (unpaired) electrons. The van der Waals surface area contributed by atoms with Crippen LogP contribution in [0.3, 0.4) is 0 Å². The van der Waals surface area contributed by atoms with Crippen molar-refractivity contribution in [3.63, 3.8) is 0 Å². The molecule has 1 heterocycles. The second-order valence-electron chi connectivity index (χ2n) is 6.84. The third-order valence-electron chi connectivity index (χ3n) is 4.75. The zero-order valence-electron chi connectivity index (χ0n) is 15.0. The lowest BCUT2D eigenvalue weighted by Gasteiger charge is -2.21. The van der Waals surface area contributed by atoms with E-state index in [0.717, 1.165) is 24.1 Å². The van der Waals surface area contributed by atoms with Gasteiger partial charge in [-0.05, 0) is 37.1 Å². The second-order valence-corrected chi connectivity index (χ2v) is 6.84. The fourth-order valence-corrected chi connectivity index (χ4v) is 3.29. The minimum atomic E-state index is -0.292. The normalized spacial score (nSPS) is 15.9. The Morgan fingerprint density at radius 3 is 2.54 bits per heavy atom. The van der Waals surface area contributed by atoms with Crippen molar-refractivity contribution in [1.82, 2.24) is 15.6 Å². The van der Waals surface area contributed by atoms with E-state index in [1.54, 1.807) is 18.4 Å². The summed E-state index contributed by atoms with van der Waals surface area (Å²) in [5, 5.41) is 5.97. The van der Waals surface area contributed by atoms with Crippen molar-refractivity contribution in [2.24, 2.45) is 0 Å². The number of halogens is 1. The first-order valence-electron chi connectivity index (χ1n) is 9.45. The molecular formula is C20H26FN3O2. The molecule has 1 aromatic carbocycles. The summed E-state index contributed by atoms with van der Waals surface area (Å²) in [5.74, 6) is 0.166. The molecule has 0 unspecified atom stereocenters. The van der Waals surface area contributed by atoms with Crippen molar-refractivity contribution in [2.45, 2.75) is 57.4 Å².